The lowest BCUT2D eigenvalue weighted by atomic mass is 9.92. The molecular weight excluding hydrogens is 308 g/mol. The van der Waals surface area contributed by atoms with Gasteiger partial charge in [-0.15, -0.1) is 11.3 Å². The Kier molecular flexibility index (Phi) is 4.61. The number of ketones is 1. The van der Waals surface area contributed by atoms with Crippen molar-refractivity contribution in [1.82, 2.24) is 9.97 Å². The van der Waals surface area contributed by atoms with Gasteiger partial charge in [0.25, 0.3) is 0 Å². The molecule has 3 rings (SSSR count). The second kappa shape index (κ2) is 6.66. The fourth-order valence-corrected chi connectivity index (χ4v) is 4.07. The van der Waals surface area contributed by atoms with Gasteiger partial charge in [-0.05, 0) is 43.2 Å². The molecule has 122 valence electrons. The molecule has 1 atom stereocenters. The molecule has 0 radical (unpaired) electrons. The quantitative estimate of drug-likeness (QED) is 0.872. The van der Waals surface area contributed by atoms with Crippen LogP contribution in [0.3, 0.4) is 0 Å². The molecule has 2 N–H and O–H groups in total. The second-order valence-electron chi connectivity index (χ2n) is 6.01. The molecule has 3 heterocycles. The molecule has 1 aliphatic rings. The number of nitrogens with two attached hydrogens (primary N) is 1. The SMILES string of the molecule is CCc1cnc(N)nc1N1CCCC(C(=O)c2sccc2C)C1. The van der Waals surface area contributed by atoms with Crippen LogP contribution in [-0.2, 0) is 6.42 Å². The molecule has 0 aromatic carbocycles. The Balaban J connectivity index is 1.83. The molecule has 6 heteroatoms. The number of rotatable bonds is 4. The summed E-state index contributed by atoms with van der Waals surface area (Å²) in [5, 5.41) is 1.99. The minimum absolute atomic E-state index is 0.0296. The summed E-state index contributed by atoms with van der Waals surface area (Å²) >= 11 is 1.54. The van der Waals surface area contributed by atoms with E-state index >= 15 is 0 Å². The first-order valence-corrected chi connectivity index (χ1v) is 8.92. The Morgan fingerprint density at radius 3 is 3.04 bits per heavy atom. The van der Waals surface area contributed by atoms with Crippen LogP contribution in [-0.4, -0.2) is 28.8 Å². The zero-order chi connectivity index (χ0) is 16.4. The molecule has 0 bridgehead atoms. The van der Waals surface area contributed by atoms with E-state index in [0.29, 0.717) is 12.5 Å². The number of thiophene rings is 1. The van der Waals surface area contributed by atoms with Crippen LogP contribution in [0.4, 0.5) is 11.8 Å². The lowest BCUT2D eigenvalue weighted by Crippen LogP contribution is -2.39. The number of piperidine rings is 1. The van der Waals surface area contributed by atoms with Crippen molar-refractivity contribution in [2.24, 2.45) is 5.92 Å². The van der Waals surface area contributed by atoms with Crippen LogP contribution in [0, 0.1) is 12.8 Å². The van der Waals surface area contributed by atoms with Crippen LogP contribution in [0.1, 0.15) is 40.6 Å². The Morgan fingerprint density at radius 1 is 1.52 bits per heavy atom. The zero-order valence-electron chi connectivity index (χ0n) is 13.6. The van der Waals surface area contributed by atoms with E-state index in [1.165, 1.54) is 0 Å². The highest BCUT2D eigenvalue weighted by Crippen LogP contribution is 2.29. The molecule has 0 saturated carbocycles. The summed E-state index contributed by atoms with van der Waals surface area (Å²) in [6.45, 7) is 5.71. The third-order valence-corrected chi connectivity index (χ3v) is 5.45. The molecule has 5 nitrogen and oxygen atoms in total. The number of carbonyl (C=O) groups excluding carboxylic acids is 1. The van der Waals surface area contributed by atoms with Crippen LogP contribution in [0.2, 0.25) is 0 Å². The summed E-state index contributed by atoms with van der Waals surface area (Å²) in [6, 6.07) is 2.01. The normalized spacial score (nSPS) is 18.2. The lowest BCUT2D eigenvalue weighted by molar-refractivity contribution is 0.0910. The Bertz CT molecular complexity index is 712. The predicted octanol–water partition coefficient (Wildman–Crippen LogP) is 3.09. The highest BCUT2D eigenvalue weighted by Gasteiger charge is 2.29. The third-order valence-electron chi connectivity index (χ3n) is 4.42. The molecule has 0 aliphatic carbocycles. The molecule has 0 amide bonds. The summed E-state index contributed by atoms with van der Waals surface area (Å²) in [6.07, 6.45) is 4.59. The van der Waals surface area contributed by atoms with Gasteiger partial charge < -0.3 is 10.6 Å². The number of nitrogens with zero attached hydrogens (tertiary/aromatic N) is 3. The predicted molar refractivity (Wildman–Crippen MR) is 94.1 cm³/mol. The fourth-order valence-electron chi connectivity index (χ4n) is 3.13. The van der Waals surface area contributed by atoms with Gasteiger partial charge >= 0.3 is 0 Å². The van der Waals surface area contributed by atoms with Crippen LogP contribution in [0.15, 0.2) is 17.6 Å². The maximum Gasteiger partial charge on any atom is 0.221 e. The van der Waals surface area contributed by atoms with Crippen molar-refractivity contribution < 1.29 is 4.79 Å². The standard InChI is InChI=1S/C17H22N4OS/c1-3-12-9-19-17(18)20-16(12)21-7-4-5-13(10-21)14(22)15-11(2)6-8-23-15/h6,8-9,13H,3-5,7,10H2,1-2H3,(H2,18,19,20). The highest BCUT2D eigenvalue weighted by molar-refractivity contribution is 7.12. The zero-order valence-corrected chi connectivity index (χ0v) is 14.4. The van der Waals surface area contributed by atoms with Crippen molar-refractivity contribution in [2.75, 3.05) is 23.7 Å². The Labute approximate surface area is 140 Å². The molecule has 2 aromatic rings. The minimum Gasteiger partial charge on any atom is -0.368 e. The van der Waals surface area contributed by atoms with E-state index in [2.05, 4.69) is 21.8 Å². The number of aromatic nitrogens is 2. The molecular formula is C17H22N4OS. The van der Waals surface area contributed by atoms with Crippen LogP contribution >= 0.6 is 11.3 Å². The van der Waals surface area contributed by atoms with Gasteiger partial charge in [-0.25, -0.2) is 4.98 Å². The second-order valence-corrected chi connectivity index (χ2v) is 6.93. The first-order valence-electron chi connectivity index (χ1n) is 8.04. The lowest BCUT2D eigenvalue weighted by Gasteiger charge is -2.33. The van der Waals surface area contributed by atoms with Crippen molar-refractivity contribution in [2.45, 2.75) is 33.1 Å². The molecule has 0 spiro atoms. The molecule has 1 aliphatic heterocycles. The van der Waals surface area contributed by atoms with E-state index in [-0.39, 0.29) is 11.7 Å². The van der Waals surface area contributed by atoms with Crippen LogP contribution in [0.5, 0.6) is 0 Å². The van der Waals surface area contributed by atoms with Gasteiger partial charge in [0.15, 0.2) is 5.78 Å². The monoisotopic (exact) mass is 330 g/mol. The van der Waals surface area contributed by atoms with Crippen LogP contribution in [0.25, 0.3) is 0 Å². The summed E-state index contributed by atoms with van der Waals surface area (Å²) in [5.41, 5.74) is 7.93. The summed E-state index contributed by atoms with van der Waals surface area (Å²) in [5.74, 6) is 1.48. The first-order chi connectivity index (χ1) is 11.1. The maximum atomic E-state index is 12.8. The number of aryl methyl sites for hydroxylation is 2. The number of nitrogen functional groups attached to an aromatic ring is 1. The summed E-state index contributed by atoms with van der Waals surface area (Å²) < 4.78 is 0. The summed E-state index contributed by atoms with van der Waals surface area (Å²) in [4.78, 5) is 24.4. The minimum atomic E-state index is 0.0296. The van der Waals surface area contributed by atoms with Gasteiger partial charge in [-0.2, -0.15) is 4.98 Å². The van der Waals surface area contributed by atoms with E-state index in [9.17, 15) is 4.79 Å². The maximum absolute atomic E-state index is 12.8. The van der Waals surface area contributed by atoms with Crippen molar-refractivity contribution in [1.29, 1.82) is 0 Å². The first kappa shape index (κ1) is 15.9. The smallest absolute Gasteiger partial charge is 0.221 e. The number of anilines is 2. The van der Waals surface area contributed by atoms with Gasteiger partial charge in [-0.3, -0.25) is 4.79 Å². The van der Waals surface area contributed by atoms with Gasteiger partial charge in [0.05, 0.1) is 4.88 Å². The van der Waals surface area contributed by atoms with E-state index < -0.39 is 0 Å². The molecule has 23 heavy (non-hydrogen) atoms. The topological polar surface area (TPSA) is 72.1 Å². The summed E-state index contributed by atoms with van der Waals surface area (Å²) in [7, 11) is 0. The fraction of sp³-hybridized carbons (Fsp3) is 0.471. The number of carbonyl (C=O) groups is 1. The van der Waals surface area contributed by atoms with Crippen molar-refractivity contribution in [3.63, 3.8) is 0 Å². The number of Topliss-reactive ketones (excluding diaryl/α,β-unsaturated/α-hetero) is 1. The van der Waals surface area contributed by atoms with Crippen molar-refractivity contribution >= 4 is 28.9 Å². The Hall–Kier alpha value is -1.95. The van der Waals surface area contributed by atoms with Crippen molar-refractivity contribution in [3.05, 3.63) is 33.6 Å². The van der Waals surface area contributed by atoms with Crippen LogP contribution < -0.4 is 10.6 Å². The van der Waals surface area contributed by atoms with E-state index in [0.717, 1.165) is 47.6 Å². The third kappa shape index (κ3) is 3.22. The van der Waals surface area contributed by atoms with Crippen molar-refractivity contribution in [3.8, 4) is 0 Å². The molecule has 1 fully saturated rings. The highest BCUT2D eigenvalue weighted by atomic mass is 32.1. The van der Waals surface area contributed by atoms with E-state index in [4.69, 9.17) is 5.73 Å². The number of hydrogen-bond donors (Lipinski definition) is 1. The van der Waals surface area contributed by atoms with Gasteiger partial charge in [0, 0.05) is 30.8 Å². The largest absolute Gasteiger partial charge is 0.368 e. The van der Waals surface area contributed by atoms with E-state index in [1.807, 2.05) is 18.4 Å². The average molecular weight is 330 g/mol. The Morgan fingerprint density at radius 2 is 2.35 bits per heavy atom. The molecule has 2 aromatic heterocycles. The van der Waals surface area contributed by atoms with E-state index in [1.54, 1.807) is 17.5 Å². The average Bonchev–Trinajstić information content (AvgIpc) is 3.00. The van der Waals surface area contributed by atoms with Gasteiger partial charge in [-0.1, -0.05) is 6.92 Å². The van der Waals surface area contributed by atoms with Gasteiger partial charge in [0.1, 0.15) is 5.82 Å². The molecule has 1 unspecified atom stereocenters. The van der Waals surface area contributed by atoms with Gasteiger partial charge in [0.2, 0.25) is 5.95 Å². The number of hydrogen-bond acceptors (Lipinski definition) is 6. The molecule has 1 saturated heterocycles.